The third-order valence-corrected chi connectivity index (χ3v) is 22.6. The lowest BCUT2D eigenvalue weighted by Crippen LogP contribution is -2.28. The Bertz CT molecular complexity index is 4150. The minimum atomic E-state index is -0.383. The molecular formula is C110H176O12. The van der Waals surface area contributed by atoms with Gasteiger partial charge < -0.3 is 23.7 Å². The van der Waals surface area contributed by atoms with E-state index in [-0.39, 0.29) is 190 Å². The van der Waals surface area contributed by atoms with Gasteiger partial charge in [0.05, 0.1) is 35.2 Å². The first-order chi connectivity index (χ1) is 52.7. The molecule has 0 saturated carbocycles. The summed E-state index contributed by atoms with van der Waals surface area (Å²) in [5.41, 5.74) is 13.9. The van der Waals surface area contributed by atoms with E-state index in [0.29, 0.717) is 6.61 Å². The highest BCUT2D eigenvalue weighted by Crippen LogP contribution is 2.42. The van der Waals surface area contributed by atoms with Crippen molar-refractivity contribution in [3.05, 3.63) is 250 Å². The highest BCUT2D eigenvalue weighted by molar-refractivity contribution is 5.83. The monoisotopic (exact) mass is 1690 g/mol. The molecule has 0 saturated heterocycles. The summed E-state index contributed by atoms with van der Waals surface area (Å²) >= 11 is 0. The van der Waals surface area contributed by atoms with Crippen molar-refractivity contribution in [2.24, 2.45) is 34.0 Å². The predicted molar refractivity (Wildman–Crippen MR) is 525 cm³/mol. The van der Waals surface area contributed by atoms with Crippen LogP contribution in [0.2, 0.25) is 0 Å². The van der Waals surface area contributed by atoms with Gasteiger partial charge in [0, 0.05) is 0 Å². The first kappa shape index (κ1) is 124. The normalized spacial score (nSPS) is 15.6. The number of ether oxygens (including phenoxy) is 5. The largest absolute Gasteiger partial charge is 0.458 e. The lowest BCUT2D eigenvalue weighted by atomic mass is 9.80. The SMILES string of the molecule is C.C.C.C.C.C.C.C.C.C.C.C.CCC(C)(C)C(=O)OC1CCCc2ccccc21.CCC(C)(C)C(=O)OC1CCc2ccccc21.CCC(C)C(=O)OC(C)c1ccc(-c2ccccc2)cc1.CCC(C)C(=O)OC1CCCc2ccccc21.CCC(C)C(=O)OC1CCc2ccccc21.CCCOOC(c1ccc2ccccc2c1)C(C)(C)CC. The Kier molecular flexibility index (Phi) is 62.6. The predicted octanol–water partition coefficient (Wildman–Crippen LogP) is 32.9. The number of esters is 5. The highest BCUT2D eigenvalue weighted by Gasteiger charge is 2.36. The molecule has 4 aliphatic rings. The van der Waals surface area contributed by atoms with Gasteiger partial charge in [0.1, 0.15) is 36.6 Å². The molecule has 0 spiro atoms. The van der Waals surface area contributed by atoms with Gasteiger partial charge in [-0.3, -0.25) is 24.0 Å². The second-order valence-electron chi connectivity index (χ2n) is 32.0. The fraction of sp³-hybridized carbons (Fsp3) is 0.536. The summed E-state index contributed by atoms with van der Waals surface area (Å²) in [6, 6.07) is 66.4. The summed E-state index contributed by atoms with van der Waals surface area (Å²) in [6.45, 7) is 34.8. The van der Waals surface area contributed by atoms with Gasteiger partial charge in [-0.2, -0.15) is 0 Å². The van der Waals surface area contributed by atoms with Gasteiger partial charge in [-0.25, -0.2) is 9.78 Å². The second-order valence-corrected chi connectivity index (χ2v) is 32.0. The maximum absolute atomic E-state index is 12.2. The van der Waals surface area contributed by atoms with Crippen molar-refractivity contribution in [3.63, 3.8) is 0 Å². The smallest absolute Gasteiger partial charge is 0.312 e. The number of rotatable bonds is 24. The van der Waals surface area contributed by atoms with Crippen LogP contribution in [0.4, 0.5) is 0 Å². The first-order valence-corrected chi connectivity index (χ1v) is 41.0. The maximum atomic E-state index is 12.2. The van der Waals surface area contributed by atoms with Crippen LogP contribution in [0.3, 0.4) is 0 Å². The Morgan fingerprint density at radius 3 is 1.08 bits per heavy atom. The van der Waals surface area contributed by atoms with E-state index in [9.17, 15) is 24.0 Å². The number of fused-ring (bicyclic) bond motifs is 5. The van der Waals surface area contributed by atoms with Crippen molar-refractivity contribution in [1.82, 2.24) is 0 Å². The van der Waals surface area contributed by atoms with E-state index in [1.54, 1.807) is 0 Å². The molecule has 8 aromatic rings. The molecule has 12 nitrogen and oxygen atoms in total. The zero-order valence-corrected chi connectivity index (χ0v) is 69.3. The Balaban J connectivity index is -0.000000325. The number of benzene rings is 8. The van der Waals surface area contributed by atoms with Gasteiger partial charge in [-0.1, -0.05) is 360 Å². The maximum Gasteiger partial charge on any atom is 0.312 e. The van der Waals surface area contributed by atoms with Crippen LogP contribution < -0.4 is 0 Å². The molecule has 0 heterocycles. The molecule has 0 aromatic heterocycles. The number of carbonyl (C=O) groups is 5. The van der Waals surface area contributed by atoms with Gasteiger partial charge in [0.15, 0.2) is 0 Å². The molecule has 688 valence electrons. The average Bonchev–Trinajstić information content (AvgIpc) is 1.31. The van der Waals surface area contributed by atoms with E-state index in [1.165, 1.54) is 72.0 Å². The van der Waals surface area contributed by atoms with Crippen LogP contribution in [-0.2, 0) is 83.1 Å². The molecule has 4 aliphatic carbocycles. The van der Waals surface area contributed by atoms with Gasteiger partial charge in [0.2, 0.25) is 0 Å². The molecule has 0 amide bonds. The Morgan fingerprint density at radius 1 is 0.352 bits per heavy atom. The zero-order valence-electron chi connectivity index (χ0n) is 69.3. The van der Waals surface area contributed by atoms with Crippen molar-refractivity contribution < 1.29 is 57.4 Å². The van der Waals surface area contributed by atoms with Gasteiger partial charge in [-0.15, -0.1) is 0 Å². The molecule has 9 unspecified atom stereocenters. The van der Waals surface area contributed by atoms with Crippen molar-refractivity contribution in [3.8, 4) is 11.1 Å². The van der Waals surface area contributed by atoms with Crippen molar-refractivity contribution >= 4 is 40.6 Å². The third-order valence-electron chi connectivity index (χ3n) is 22.6. The van der Waals surface area contributed by atoms with Gasteiger partial charge in [0.25, 0.3) is 0 Å². The van der Waals surface area contributed by atoms with E-state index >= 15 is 0 Å². The van der Waals surface area contributed by atoms with Crippen LogP contribution in [-0.4, -0.2) is 36.5 Å². The zero-order chi connectivity index (χ0) is 80.0. The summed E-state index contributed by atoms with van der Waals surface area (Å²) in [6.07, 6.45) is 15.9. The van der Waals surface area contributed by atoms with E-state index in [4.69, 9.17) is 33.5 Å². The minimum absolute atomic E-state index is 0. The highest BCUT2D eigenvalue weighted by atomic mass is 17.2. The molecule has 0 fully saturated rings. The number of hydrogen-bond acceptors (Lipinski definition) is 12. The molecule has 0 bridgehead atoms. The quantitative estimate of drug-likeness (QED) is 0.0186. The van der Waals surface area contributed by atoms with E-state index < -0.39 is 0 Å². The Morgan fingerprint density at radius 2 is 0.689 bits per heavy atom. The number of hydrogen-bond donors (Lipinski definition) is 0. The van der Waals surface area contributed by atoms with Crippen LogP contribution in [0.1, 0.15) is 383 Å². The van der Waals surface area contributed by atoms with E-state index in [0.717, 1.165) is 115 Å². The van der Waals surface area contributed by atoms with Crippen LogP contribution in [0.25, 0.3) is 21.9 Å². The van der Waals surface area contributed by atoms with E-state index in [1.807, 2.05) is 157 Å². The Labute approximate surface area is 747 Å². The summed E-state index contributed by atoms with van der Waals surface area (Å²) in [5, 5.41) is 2.50. The molecular weight excluding hydrogens is 1510 g/mol. The number of carbonyl (C=O) groups excluding carboxylic acids is 5. The van der Waals surface area contributed by atoms with Gasteiger partial charge >= 0.3 is 29.8 Å². The molecule has 8 aromatic carbocycles. The summed E-state index contributed by atoms with van der Waals surface area (Å²) in [7, 11) is 0. The van der Waals surface area contributed by atoms with Crippen LogP contribution in [0, 0.1) is 34.0 Å². The average molecular weight is 1690 g/mol. The summed E-state index contributed by atoms with van der Waals surface area (Å²) in [4.78, 5) is 70.7. The topological polar surface area (TPSA) is 150 Å². The van der Waals surface area contributed by atoms with Crippen molar-refractivity contribution in [2.45, 2.75) is 353 Å². The standard InChI is InChI=1S/C19H26O2.C19H22O2.C16H22O2.2C15H20O2.C14H18O2.12CH4/c1-5-13-20-21-18(19(3,4)6-2)17-12-11-15-9-7-8-10-16(15)14-17;1-4-14(2)19(20)21-15(3)16-10-12-18(13-11-16)17-8-6-5-7-9-17;1-4-16(2,3)15(17)18-14-11-7-9-12-8-5-6-10-13(12)14;1-4-15(2,3)14(16)17-13-10-9-11-7-5-6-8-12(11)13;1-3-11(2)15(16)17-14-10-6-8-12-7-4-5-9-13(12)14;1-3-10(2)14(15)16-13-9-8-11-6-4-5-7-12(11)13;;;;;;;;;;;;/h7-12,14,18H,5-6,13H2,1-4H3;5-15H,4H2,1-3H3;5-6,8,10,14H,4,7,9,11H2,1-3H3;5-8,13H,4,9-10H2,1-3H3;4-5,7,9,11,14H,3,6,8,10H2,1-2H3;4-7,10,13H,3,8-9H2,1-2H3;12*1H4. The molecule has 12 heteroatoms. The number of aryl methyl sites for hydroxylation is 4. The molecule has 0 radical (unpaired) electrons. The second kappa shape index (κ2) is 61.6. The minimum Gasteiger partial charge on any atom is -0.458 e. The Hall–Kier alpha value is -8.71. The molecule has 12 rings (SSSR count). The molecule has 9 atom stereocenters. The van der Waals surface area contributed by atoms with Crippen molar-refractivity contribution in [2.75, 3.05) is 6.61 Å². The third kappa shape index (κ3) is 36.2. The van der Waals surface area contributed by atoms with E-state index in [2.05, 4.69) is 155 Å². The van der Waals surface area contributed by atoms with Crippen LogP contribution in [0.15, 0.2) is 194 Å². The molecule has 122 heavy (non-hydrogen) atoms. The first-order valence-electron chi connectivity index (χ1n) is 41.0. The van der Waals surface area contributed by atoms with Gasteiger partial charge in [-0.05, 0) is 233 Å². The lowest BCUT2D eigenvalue weighted by molar-refractivity contribution is -0.346. The van der Waals surface area contributed by atoms with Crippen molar-refractivity contribution in [1.29, 1.82) is 0 Å². The fourth-order valence-corrected chi connectivity index (χ4v) is 13.2. The fourth-order valence-electron chi connectivity index (χ4n) is 13.2. The summed E-state index contributed by atoms with van der Waals surface area (Å²) < 4.78 is 28.1. The lowest BCUT2D eigenvalue weighted by Gasteiger charge is -2.32. The van der Waals surface area contributed by atoms with Crippen LogP contribution in [0.5, 0.6) is 0 Å². The molecule has 0 N–H and O–H groups in total. The van der Waals surface area contributed by atoms with Crippen LogP contribution >= 0.6 is 0 Å². The summed E-state index contributed by atoms with van der Waals surface area (Å²) in [5.74, 6) is -0.447. The molecule has 0 aliphatic heterocycles.